The highest BCUT2D eigenvalue weighted by Gasteiger charge is 2.41. The maximum Gasteiger partial charge on any atom is 0.0639 e. The first kappa shape index (κ1) is 10.6. The van der Waals surface area contributed by atoms with E-state index < -0.39 is 0 Å². The van der Waals surface area contributed by atoms with Gasteiger partial charge < -0.3 is 11.1 Å². The molecular weight excluding hydrogens is 210 g/mol. The van der Waals surface area contributed by atoms with Crippen molar-refractivity contribution in [1.82, 2.24) is 4.98 Å². The van der Waals surface area contributed by atoms with Gasteiger partial charge in [-0.2, -0.15) is 0 Å². The fourth-order valence-corrected chi connectivity index (χ4v) is 2.87. The van der Waals surface area contributed by atoms with Gasteiger partial charge in [0.05, 0.1) is 22.5 Å². The van der Waals surface area contributed by atoms with Crippen molar-refractivity contribution in [3.05, 3.63) is 35.8 Å². The fourth-order valence-electron chi connectivity index (χ4n) is 2.87. The molecule has 90 valence electrons. The zero-order valence-corrected chi connectivity index (χ0v) is 10.1. The minimum atomic E-state index is -0.0352. The average Bonchev–Trinajstić information content (AvgIpc) is 2.27. The number of pyridine rings is 1. The van der Waals surface area contributed by atoms with E-state index in [2.05, 4.69) is 24.0 Å². The monoisotopic (exact) mass is 229 g/mol. The van der Waals surface area contributed by atoms with Gasteiger partial charge in [0.25, 0.3) is 0 Å². The second kappa shape index (κ2) is 3.76. The summed E-state index contributed by atoms with van der Waals surface area (Å²) in [5, 5.41) is 3.39. The Morgan fingerprint density at radius 2 is 2.18 bits per heavy atom. The van der Waals surface area contributed by atoms with Crippen molar-refractivity contribution in [2.75, 3.05) is 11.9 Å². The summed E-state index contributed by atoms with van der Waals surface area (Å²) in [4.78, 5) is 4.83. The third kappa shape index (κ3) is 1.53. The first-order chi connectivity index (χ1) is 8.22. The topological polar surface area (TPSA) is 50.9 Å². The molecule has 0 radical (unpaired) electrons. The molecule has 3 rings (SSSR count). The minimum Gasteiger partial charge on any atom is -0.402 e. The van der Waals surface area contributed by atoms with Gasteiger partial charge in [0, 0.05) is 12.2 Å². The molecular formula is C14H19N3. The first-order valence-corrected chi connectivity index (χ1v) is 6.41. The standard InChI is InChI=1S/C14H19N3/c1-10(15)14(7-3-8-14)13-6-5-11-12(17-13)4-2-9-16-11/h5-6,16H,1-4,7-9,15H2. The van der Waals surface area contributed by atoms with Crippen LogP contribution in [0.2, 0.25) is 0 Å². The second-order valence-electron chi connectivity index (χ2n) is 5.18. The molecule has 17 heavy (non-hydrogen) atoms. The Kier molecular flexibility index (Phi) is 2.35. The largest absolute Gasteiger partial charge is 0.402 e. The number of allylic oxidation sites excluding steroid dienone is 1. The van der Waals surface area contributed by atoms with Crippen molar-refractivity contribution >= 4 is 5.69 Å². The van der Waals surface area contributed by atoms with Gasteiger partial charge in [0.1, 0.15) is 0 Å². The summed E-state index contributed by atoms with van der Waals surface area (Å²) in [6.07, 6.45) is 5.67. The van der Waals surface area contributed by atoms with Crippen LogP contribution in [0.25, 0.3) is 0 Å². The van der Waals surface area contributed by atoms with E-state index in [4.69, 9.17) is 10.7 Å². The smallest absolute Gasteiger partial charge is 0.0639 e. The maximum atomic E-state index is 5.99. The molecule has 1 saturated carbocycles. The molecule has 3 nitrogen and oxygen atoms in total. The zero-order chi connectivity index (χ0) is 11.9. The molecule has 1 aliphatic heterocycles. The van der Waals surface area contributed by atoms with Gasteiger partial charge in [-0.15, -0.1) is 0 Å². The number of aryl methyl sites for hydroxylation is 1. The Bertz CT molecular complexity index is 461. The normalized spacial score (nSPS) is 20.9. The molecule has 1 aromatic rings. The van der Waals surface area contributed by atoms with Crippen LogP contribution in [-0.4, -0.2) is 11.5 Å². The second-order valence-corrected chi connectivity index (χ2v) is 5.18. The number of nitrogens with two attached hydrogens (primary N) is 1. The molecule has 2 aliphatic rings. The highest BCUT2D eigenvalue weighted by molar-refractivity contribution is 5.51. The van der Waals surface area contributed by atoms with E-state index in [-0.39, 0.29) is 5.41 Å². The van der Waals surface area contributed by atoms with Gasteiger partial charge >= 0.3 is 0 Å². The lowest BCUT2D eigenvalue weighted by atomic mass is 9.64. The third-order valence-corrected chi connectivity index (χ3v) is 4.19. The summed E-state index contributed by atoms with van der Waals surface area (Å²) in [6, 6.07) is 4.27. The van der Waals surface area contributed by atoms with Crippen molar-refractivity contribution in [3.8, 4) is 0 Å². The van der Waals surface area contributed by atoms with Gasteiger partial charge in [-0.25, -0.2) is 0 Å². The molecule has 1 aliphatic carbocycles. The van der Waals surface area contributed by atoms with E-state index in [1.807, 2.05) is 0 Å². The molecule has 0 unspecified atom stereocenters. The summed E-state index contributed by atoms with van der Waals surface area (Å²) in [5.74, 6) is 0. The van der Waals surface area contributed by atoms with Crippen molar-refractivity contribution in [2.24, 2.45) is 5.73 Å². The van der Waals surface area contributed by atoms with Crippen molar-refractivity contribution in [2.45, 2.75) is 37.5 Å². The number of aromatic nitrogens is 1. The number of hydrogen-bond acceptors (Lipinski definition) is 3. The highest BCUT2D eigenvalue weighted by atomic mass is 14.9. The molecule has 1 fully saturated rings. The van der Waals surface area contributed by atoms with E-state index >= 15 is 0 Å². The summed E-state index contributed by atoms with van der Waals surface area (Å²) >= 11 is 0. The van der Waals surface area contributed by atoms with Gasteiger partial charge in [0.2, 0.25) is 0 Å². The zero-order valence-electron chi connectivity index (χ0n) is 10.1. The van der Waals surface area contributed by atoms with Crippen LogP contribution in [0.3, 0.4) is 0 Å². The Hall–Kier alpha value is -1.51. The Labute approximate surface area is 102 Å². The van der Waals surface area contributed by atoms with Crippen molar-refractivity contribution in [3.63, 3.8) is 0 Å². The van der Waals surface area contributed by atoms with Crippen LogP contribution in [0.4, 0.5) is 5.69 Å². The summed E-state index contributed by atoms with van der Waals surface area (Å²) < 4.78 is 0. The minimum absolute atomic E-state index is 0.0352. The molecule has 3 N–H and O–H groups in total. The lowest BCUT2D eigenvalue weighted by molar-refractivity contribution is 0.284. The van der Waals surface area contributed by atoms with Gasteiger partial charge in [-0.05, 0) is 37.8 Å². The van der Waals surface area contributed by atoms with Crippen LogP contribution in [0, 0.1) is 0 Å². The number of nitrogens with zero attached hydrogens (tertiary/aromatic N) is 1. The fraction of sp³-hybridized carbons (Fsp3) is 0.500. The first-order valence-electron chi connectivity index (χ1n) is 6.41. The van der Waals surface area contributed by atoms with E-state index in [0.717, 1.165) is 37.2 Å². The highest BCUT2D eigenvalue weighted by Crippen LogP contribution is 2.46. The van der Waals surface area contributed by atoms with Crippen LogP contribution >= 0.6 is 0 Å². The van der Waals surface area contributed by atoms with Gasteiger partial charge in [0.15, 0.2) is 0 Å². The van der Waals surface area contributed by atoms with Gasteiger partial charge in [-0.3, -0.25) is 4.98 Å². The van der Waals surface area contributed by atoms with Crippen LogP contribution in [-0.2, 0) is 11.8 Å². The predicted molar refractivity (Wildman–Crippen MR) is 69.9 cm³/mol. The molecule has 0 atom stereocenters. The van der Waals surface area contributed by atoms with E-state index in [0.29, 0.717) is 0 Å². The lowest BCUT2D eigenvalue weighted by Crippen LogP contribution is -2.40. The number of rotatable bonds is 2. The molecule has 0 amide bonds. The Morgan fingerprint density at radius 1 is 1.35 bits per heavy atom. The summed E-state index contributed by atoms with van der Waals surface area (Å²) in [5.41, 5.74) is 10.2. The molecule has 0 aromatic carbocycles. The van der Waals surface area contributed by atoms with Crippen LogP contribution in [0.5, 0.6) is 0 Å². The maximum absolute atomic E-state index is 5.99. The SMILES string of the molecule is C=C(N)C1(c2ccc3c(n2)CCCN3)CCC1. The number of fused-ring (bicyclic) bond motifs is 1. The molecule has 0 saturated heterocycles. The molecule has 3 heteroatoms. The Morgan fingerprint density at radius 3 is 2.82 bits per heavy atom. The average molecular weight is 229 g/mol. The number of anilines is 1. The number of nitrogens with one attached hydrogen (secondary N) is 1. The molecule has 1 aromatic heterocycles. The number of hydrogen-bond donors (Lipinski definition) is 2. The van der Waals surface area contributed by atoms with E-state index in [1.54, 1.807) is 0 Å². The molecule has 2 heterocycles. The van der Waals surface area contributed by atoms with Crippen molar-refractivity contribution in [1.29, 1.82) is 0 Å². The predicted octanol–water partition coefficient (Wildman–Crippen LogP) is 2.33. The van der Waals surface area contributed by atoms with Crippen LogP contribution < -0.4 is 11.1 Å². The van der Waals surface area contributed by atoms with E-state index in [1.165, 1.54) is 24.2 Å². The van der Waals surface area contributed by atoms with Crippen molar-refractivity contribution < 1.29 is 0 Å². The van der Waals surface area contributed by atoms with Crippen LogP contribution in [0.15, 0.2) is 24.4 Å². The lowest BCUT2D eigenvalue weighted by Gasteiger charge is -2.42. The van der Waals surface area contributed by atoms with Gasteiger partial charge in [-0.1, -0.05) is 13.0 Å². The Balaban J connectivity index is 2.01. The molecule has 0 bridgehead atoms. The van der Waals surface area contributed by atoms with E-state index in [9.17, 15) is 0 Å². The van der Waals surface area contributed by atoms with Crippen LogP contribution in [0.1, 0.15) is 37.1 Å². The summed E-state index contributed by atoms with van der Waals surface area (Å²) in [7, 11) is 0. The third-order valence-electron chi connectivity index (χ3n) is 4.19. The molecule has 0 spiro atoms. The quantitative estimate of drug-likeness (QED) is 0.818. The summed E-state index contributed by atoms with van der Waals surface area (Å²) in [6.45, 7) is 5.02.